The van der Waals surface area contributed by atoms with Crippen molar-refractivity contribution >= 4 is 0 Å². The van der Waals surface area contributed by atoms with Gasteiger partial charge in [-0.05, 0) is 5.92 Å². The summed E-state index contributed by atoms with van der Waals surface area (Å²) in [6.07, 6.45) is 0. The molecule has 1 aliphatic heterocycles. The fourth-order valence-electron chi connectivity index (χ4n) is 1.55. The third-order valence-corrected chi connectivity index (χ3v) is 2.91. The van der Waals surface area contributed by atoms with Crippen molar-refractivity contribution in [3.8, 4) is 0 Å². The summed E-state index contributed by atoms with van der Waals surface area (Å²) >= 11 is 0. The summed E-state index contributed by atoms with van der Waals surface area (Å²) in [5.41, 5.74) is 6.01. The third-order valence-electron chi connectivity index (χ3n) is 2.91. The zero-order valence-electron chi connectivity index (χ0n) is 11.8. The summed E-state index contributed by atoms with van der Waals surface area (Å²) in [5.74, 6) is 0.264. The molecule has 0 bridgehead atoms. The maximum Gasteiger partial charge on any atom is 0.0701 e. The lowest BCUT2D eigenvalue weighted by atomic mass is 10.1. The molecule has 0 saturated carbocycles. The molecule has 0 aromatic carbocycles. The lowest BCUT2D eigenvalue weighted by Gasteiger charge is -2.19. The van der Waals surface area contributed by atoms with E-state index in [1.165, 1.54) is 0 Å². The second-order valence-electron chi connectivity index (χ2n) is 4.63. The summed E-state index contributed by atoms with van der Waals surface area (Å²) in [6, 6.07) is -0.0139. The van der Waals surface area contributed by atoms with Crippen LogP contribution in [0.2, 0.25) is 0 Å². The van der Waals surface area contributed by atoms with Gasteiger partial charge in [0.25, 0.3) is 0 Å². The van der Waals surface area contributed by atoms with Crippen molar-refractivity contribution in [3.63, 3.8) is 0 Å². The highest BCUT2D eigenvalue weighted by Gasteiger charge is 2.13. The molecule has 1 heterocycles. The SMILES string of the molecule is CC1COCCOCCOCCOCCOC[C@H]1N. The summed E-state index contributed by atoms with van der Waals surface area (Å²) in [5, 5.41) is 0. The monoisotopic (exact) mass is 277 g/mol. The largest absolute Gasteiger partial charge is 0.379 e. The van der Waals surface area contributed by atoms with Gasteiger partial charge in [0.15, 0.2) is 0 Å². The number of nitrogens with two attached hydrogens (primary N) is 1. The number of ether oxygens (including phenoxy) is 5. The Balaban J connectivity index is 2.19. The topological polar surface area (TPSA) is 72.2 Å². The maximum absolute atomic E-state index is 6.01. The van der Waals surface area contributed by atoms with Crippen LogP contribution >= 0.6 is 0 Å². The van der Waals surface area contributed by atoms with E-state index in [1.807, 2.05) is 0 Å². The van der Waals surface area contributed by atoms with Gasteiger partial charge in [0, 0.05) is 6.04 Å². The minimum atomic E-state index is -0.0139. The fourth-order valence-corrected chi connectivity index (χ4v) is 1.55. The van der Waals surface area contributed by atoms with Crippen LogP contribution in [0, 0.1) is 5.92 Å². The van der Waals surface area contributed by atoms with Crippen molar-refractivity contribution in [2.45, 2.75) is 13.0 Å². The molecule has 6 nitrogen and oxygen atoms in total. The summed E-state index contributed by atoms with van der Waals surface area (Å²) in [7, 11) is 0. The number of hydrogen-bond acceptors (Lipinski definition) is 6. The Morgan fingerprint density at radius 1 is 0.632 bits per heavy atom. The van der Waals surface area contributed by atoms with Crippen molar-refractivity contribution in [2.24, 2.45) is 11.7 Å². The molecule has 0 aromatic heterocycles. The summed E-state index contributed by atoms with van der Waals surface area (Å²) in [4.78, 5) is 0. The predicted octanol–water partition coefficient (Wildman–Crippen LogP) is 0.0464. The second kappa shape index (κ2) is 11.6. The molecule has 0 spiro atoms. The Morgan fingerprint density at radius 3 is 1.47 bits per heavy atom. The molecule has 0 radical (unpaired) electrons. The van der Waals surface area contributed by atoms with Crippen LogP contribution in [0.5, 0.6) is 0 Å². The molecule has 2 atom stereocenters. The second-order valence-corrected chi connectivity index (χ2v) is 4.63. The van der Waals surface area contributed by atoms with Gasteiger partial charge in [-0.25, -0.2) is 0 Å². The Labute approximate surface area is 115 Å². The van der Waals surface area contributed by atoms with Crippen LogP contribution in [-0.2, 0) is 23.7 Å². The molecular weight excluding hydrogens is 250 g/mol. The van der Waals surface area contributed by atoms with Crippen LogP contribution < -0.4 is 5.73 Å². The molecule has 1 saturated heterocycles. The first-order valence-corrected chi connectivity index (χ1v) is 6.95. The maximum atomic E-state index is 6.01. The van der Waals surface area contributed by atoms with Gasteiger partial charge in [0.2, 0.25) is 0 Å². The highest BCUT2D eigenvalue weighted by Crippen LogP contribution is 2.02. The summed E-state index contributed by atoms with van der Waals surface area (Å²) < 4.78 is 27.1. The van der Waals surface area contributed by atoms with Crippen molar-refractivity contribution in [1.29, 1.82) is 0 Å². The summed E-state index contributed by atoms with van der Waals surface area (Å²) in [6.45, 7) is 7.84. The van der Waals surface area contributed by atoms with E-state index < -0.39 is 0 Å². The van der Waals surface area contributed by atoms with Crippen LogP contribution in [0.3, 0.4) is 0 Å². The Bertz CT molecular complexity index is 185. The van der Waals surface area contributed by atoms with Gasteiger partial charge in [-0.3, -0.25) is 0 Å². The molecule has 1 unspecified atom stereocenters. The standard InChI is InChI=1S/C13H27NO5/c1-12-10-18-8-6-16-4-2-15-3-5-17-7-9-19-11-13(12)14/h12-13H,2-11,14H2,1H3/t12?,13-/m1/s1. The van der Waals surface area contributed by atoms with Gasteiger partial charge >= 0.3 is 0 Å². The number of hydrogen-bond donors (Lipinski definition) is 1. The molecule has 6 heteroatoms. The van der Waals surface area contributed by atoms with E-state index in [0.717, 1.165) is 0 Å². The first kappa shape index (κ1) is 16.8. The van der Waals surface area contributed by atoms with Gasteiger partial charge in [0.05, 0.1) is 66.1 Å². The molecule has 2 N–H and O–H groups in total. The molecule has 0 aliphatic carbocycles. The van der Waals surface area contributed by atoms with Gasteiger partial charge in [-0.15, -0.1) is 0 Å². The number of rotatable bonds is 0. The Morgan fingerprint density at radius 2 is 1.00 bits per heavy atom. The van der Waals surface area contributed by atoms with E-state index in [9.17, 15) is 0 Å². The van der Waals surface area contributed by atoms with Gasteiger partial charge in [0.1, 0.15) is 0 Å². The van der Waals surface area contributed by atoms with E-state index in [2.05, 4.69) is 6.92 Å². The van der Waals surface area contributed by atoms with E-state index in [4.69, 9.17) is 29.4 Å². The Hall–Kier alpha value is -0.240. The zero-order valence-corrected chi connectivity index (χ0v) is 11.8. The zero-order chi connectivity index (χ0) is 13.8. The lowest BCUT2D eigenvalue weighted by molar-refractivity contribution is -0.00799. The van der Waals surface area contributed by atoms with Gasteiger partial charge in [-0.1, -0.05) is 6.92 Å². The minimum Gasteiger partial charge on any atom is -0.379 e. The molecular formula is C13H27NO5. The van der Waals surface area contributed by atoms with Crippen molar-refractivity contribution in [3.05, 3.63) is 0 Å². The fraction of sp³-hybridized carbons (Fsp3) is 1.00. The normalized spacial score (nSPS) is 30.6. The molecule has 114 valence electrons. The highest BCUT2D eigenvalue weighted by atomic mass is 16.6. The van der Waals surface area contributed by atoms with Crippen LogP contribution in [0.15, 0.2) is 0 Å². The highest BCUT2D eigenvalue weighted by molar-refractivity contribution is 4.68. The van der Waals surface area contributed by atoms with E-state index in [0.29, 0.717) is 66.1 Å². The molecule has 1 aliphatic rings. The van der Waals surface area contributed by atoms with Crippen LogP contribution in [-0.4, -0.2) is 72.1 Å². The van der Waals surface area contributed by atoms with E-state index in [1.54, 1.807) is 0 Å². The smallest absolute Gasteiger partial charge is 0.0701 e. The average Bonchev–Trinajstić information content (AvgIpc) is 2.41. The van der Waals surface area contributed by atoms with Gasteiger partial charge in [-0.2, -0.15) is 0 Å². The first-order chi connectivity index (χ1) is 9.30. The minimum absolute atomic E-state index is 0.0139. The van der Waals surface area contributed by atoms with Gasteiger partial charge < -0.3 is 29.4 Å². The Kier molecular flexibility index (Phi) is 10.2. The quantitative estimate of drug-likeness (QED) is 0.674. The van der Waals surface area contributed by atoms with Crippen LogP contribution in [0.25, 0.3) is 0 Å². The van der Waals surface area contributed by atoms with Crippen LogP contribution in [0.4, 0.5) is 0 Å². The molecule has 0 amide bonds. The van der Waals surface area contributed by atoms with Crippen molar-refractivity contribution < 1.29 is 23.7 Å². The predicted molar refractivity (Wildman–Crippen MR) is 71.2 cm³/mol. The van der Waals surface area contributed by atoms with Crippen molar-refractivity contribution in [2.75, 3.05) is 66.1 Å². The van der Waals surface area contributed by atoms with Crippen molar-refractivity contribution in [1.82, 2.24) is 0 Å². The average molecular weight is 277 g/mol. The molecule has 1 rings (SSSR count). The lowest BCUT2D eigenvalue weighted by Crippen LogP contribution is -2.36. The molecule has 0 aromatic rings. The molecule has 19 heavy (non-hydrogen) atoms. The van der Waals surface area contributed by atoms with E-state index >= 15 is 0 Å². The van der Waals surface area contributed by atoms with Crippen LogP contribution in [0.1, 0.15) is 6.92 Å². The third kappa shape index (κ3) is 9.32. The first-order valence-electron chi connectivity index (χ1n) is 6.95. The van der Waals surface area contributed by atoms with E-state index in [-0.39, 0.29) is 12.0 Å². The molecule has 1 fully saturated rings.